The summed E-state index contributed by atoms with van der Waals surface area (Å²) in [7, 11) is 0. The van der Waals surface area contributed by atoms with Crippen molar-refractivity contribution in [3.8, 4) is 0 Å². The van der Waals surface area contributed by atoms with Crippen LogP contribution < -0.4 is 5.73 Å². The van der Waals surface area contributed by atoms with Crippen LogP contribution in [-0.2, 0) is 0 Å². The second-order valence-electron chi connectivity index (χ2n) is 2.82. The summed E-state index contributed by atoms with van der Waals surface area (Å²) in [6.45, 7) is 0. The molecule has 0 bridgehead atoms. The van der Waals surface area contributed by atoms with Gasteiger partial charge >= 0.3 is 0 Å². The molecule has 0 aliphatic carbocycles. The van der Waals surface area contributed by atoms with Crippen LogP contribution in [0.5, 0.6) is 0 Å². The van der Waals surface area contributed by atoms with Crippen molar-refractivity contribution in [2.45, 2.75) is 6.43 Å². The summed E-state index contributed by atoms with van der Waals surface area (Å²) in [5, 5.41) is 1.18. The summed E-state index contributed by atoms with van der Waals surface area (Å²) in [6.07, 6.45) is -2.54. The van der Waals surface area contributed by atoms with Crippen molar-refractivity contribution in [1.29, 1.82) is 0 Å². The van der Waals surface area contributed by atoms with Crippen LogP contribution in [0.15, 0.2) is 18.2 Å². The SMILES string of the molecule is Nc1sc2cc(Cl)ccc2c1C(F)F. The van der Waals surface area contributed by atoms with Gasteiger partial charge in [0, 0.05) is 15.1 Å². The molecule has 74 valence electrons. The highest BCUT2D eigenvalue weighted by atomic mass is 35.5. The normalized spacial score (nSPS) is 11.4. The number of thiophene rings is 1. The molecule has 1 heterocycles. The smallest absolute Gasteiger partial charge is 0.267 e. The molecule has 0 saturated heterocycles. The lowest BCUT2D eigenvalue weighted by Crippen LogP contribution is -1.88. The molecule has 0 aliphatic rings. The minimum absolute atomic E-state index is 0.0818. The van der Waals surface area contributed by atoms with Gasteiger partial charge in [-0.15, -0.1) is 11.3 Å². The van der Waals surface area contributed by atoms with Gasteiger partial charge in [0.25, 0.3) is 6.43 Å². The first-order chi connectivity index (χ1) is 6.59. The van der Waals surface area contributed by atoms with Crippen molar-refractivity contribution in [1.82, 2.24) is 0 Å². The molecule has 14 heavy (non-hydrogen) atoms. The second-order valence-corrected chi connectivity index (χ2v) is 4.34. The Morgan fingerprint density at radius 2 is 2.07 bits per heavy atom. The Hall–Kier alpha value is -0.870. The van der Waals surface area contributed by atoms with E-state index < -0.39 is 6.43 Å². The molecule has 2 rings (SSSR count). The van der Waals surface area contributed by atoms with Crippen LogP contribution in [-0.4, -0.2) is 0 Å². The van der Waals surface area contributed by atoms with Gasteiger partial charge in [-0.1, -0.05) is 17.7 Å². The van der Waals surface area contributed by atoms with Crippen LogP contribution >= 0.6 is 22.9 Å². The number of benzene rings is 1. The van der Waals surface area contributed by atoms with Crippen molar-refractivity contribution < 1.29 is 8.78 Å². The predicted octanol–water partition coefficient (Wildman–Crippen LogP) is 4.07. The van der Waals surface area contributed by atoms with E-state index in [0.29, 0.717) is 15.1 Å². The van der Waals surface area contributed by atoms with Crippen LogP contribution in [0.1, 0.15) is 12.0 Å². The molecule has 1 nitrogen and oxygen atoms in total. The predicted molar refractivity (Wildman–Crippen MR) is 56.2 cm³/mol. The number of fused-ring (bicyclic) bond motifs is 1. The molecule has 0 fully saturated rings. The fraction of sp³-hybridized carbons (Fsp3) is 0.111. The topological polar surface area (TPSA) is 26.0 Å². The molecule has 0 spiro atoms. The van der Waals surface area contributed by atoms with E-state index in [1.165, 1.54) is 0 Å². The first-order valence-electron chi connectivity index (χ1n) is 3.85. The van der Waals surface area contributed by atoms with E-state index in [4.69, 9.17) is 17.3 Å². The van der Waals surface area contributed by atoms with E-state index in [2.05, 4.69) is 0 Å². The fourth-order valence-electron chi connectivity index (χ4n) is 1.33. The third-order valence-corrected chi connectivity index (χ3v) is 3.17. The van der Waals surface area contributed by atoms with Crippen LogP contribution in [0, 0.1) is 0 Å². The van der Waals surface area contributed by atoms with Gasteiger partial charge in [-0.3, -0.25) is 0 Å². The van der Waals surface area contributed by atoms with Crippen molar-refractivity contribution in [2.75, 3.05) is 5.73 Å². The van der Waals surface area contributed by atoms with Crippen LogP contribution in [0.2, 0.25) is 5.02 Å². The number of alkyl halides is 2. The third kappa shape index (κ3) is 1.44. The maximum atomic E-state index is 12.6. The molecule has 0 amide bonds. The van der Waals surface area contributed by atoms with E-state index in [0.717, 1.165) is 11.3 Å². The molecule has 1 aromatic heterocycles. The van der Waals surface area contributed by atoms with E-state index in [1.54, 1.807) is 18.2 Å². The zero-order valence-corrected chi connectivity index (χ0v) is 8.50. The van der Waals surface area contributed by atoms with Gasteiger partial charge < -0.3 is 5.73 Å². The van der Waals surface area contributed by atoms with Crippen molar-refractivity contribution in [3.05, 3.63) is 28.8 Å². The Morgan fingerprint density at radius 1 is 1.36 bits per heavy atom. The van der Waals surface area contributed by atoms with Gasteiger partial charge in [-0.05, 0) is 12.1 Å². The minimum atomic E-state index is -2.54. The molecular formula is C9H6ClF2NS. The molecule has 0 radical (unpaired) electrons. The zero-order valence-electron chi connectivity index (χ0n) is 6.93. The maximum Gasteiger partial charge on any atom is 0.267 e. The summed E-state index contributed by atoms with van der Waals surface area (Å²) in [5.41, 5.74) is 5.42. The number of nitrogens with two attached hydrogens (primary N) is 1. The van der Waals surface area contributed by atoms with Gasteiger partial charge in [-0.25, -0.2) is 8.78 Å². The van der Waals surface area contributed by atoms with Crippen molar-refractivity contribution in [2.24, 2.45) is 0 Å². The van der Waals surface area contributed by atoms with Crippen LogP contribution in [0.3, 0.4) is 0 Å². The standard InChI is InChI=1S/C9H6ClF2NS/c10-4-1-2-5-6(3-4)14-9(13)7(5)8(11)12/h1-3,8H,13H2. The molecule has 0 atom stereocenters. The number of nitrogen functional groups attached to an aromatic ring is 1. The molecule has 0 saturated carbocycles. The highest BCUT2D eigenvalue weighted by Crippen LogP contribution is 2.40. The Labute approximate surface area is 88.1 Å². The number of rotatable bonds is 1. The Kier molecular flexibility index (Phi) is 2.33. The van der Waals surface area contributed by atoms with Gasteiger partial charge in [0.1, 0.15) is 0 Å². The Balaban J connectivity index is 2.77. The number of hydrogen-bond donors (Lipinski definition) is 1. The lowest BCUT2D eigenvalue weighted by molar-refractivity contribution is 0.154. The van der Waals surface area contributed by atoms with Gasteiger partial charge in [0.05, 0.1) is 10.6 Å². The lowest BCUT2D eigenvalue weighted by atomic mass is 10.2. The summed E-state index contributed by atoms with van der Waals surface area (Å²) in [4.78, 5) is 0. The molecule has 1 aromatic carbocycles. The molecule has 2 N–H and O–H groups in total. The van der Waals surface area contributed by atoms with Gasteiger partial charge in [0.2, 0.25) is 0 Å². The highest BCUT2D eigenvalue weighted by molar-refractivity contribution is 7.22. The molecule has 2 aromatic rings. The average Bonchev–Trinajstić information content (AvgIpc) is 2.39. The Morgan fingerprint density at radius 3 is 2.71 bits per heavy atom. The first-order valence-corrected chi connectivity index (χ1v) is 5.04. The molecule has 5 heteroatoms. The number of hydrogen-bond acceptors (Lipinski definition) is 2. The van der Waals surface area contributed by atoms with Gasteiger partial charge in [0.15, 0.2) is 0 Å². The average molecular weight is 234 g/mol. The van der Waals surface area contributed by atoms with Crippen LogP contribution in [0.4, 0.5) is 13.8 Å². The summed E-state index contributed by atoms with van der Waals surface area (Å²) in [5.74, 6) is 0. The number of halogens is 3. The first kappa shape index (κ1) is 9.68. The molecular weight excluding hydrogens is 228 g/mol. The zero-order chi connectivity index (χ0) is 10.3. The van der Waals surface area contributed by atoms with E-state index in [9.17, 15) is 8.78 Å². The van der Waals surface area contributed by atoms with Gasteiger partial charge in [-0.2, -0.15) is 0 Å². The molecule has 0 unspecified atom stereocenters. The summed E-state index contributed by atoms with van der Waals surface area (Å²) >= 11 is 6.87. The minimum Gasteiger partial charge on any atom is -0.390 e. The van der Waals surface area contributed by atoms with E-state index in [-0.39, 0.29) is 10.6 Å². The fourth-order valence-corrected chi connectivity index (χ4v) is 2.59. The summed E-state index contributed by atoms with van der Waals surface area (Å²) < 4.78 is 25.9. The van der Waals surface area contributed by atoms with Crippen molar-refractivity contribution in [3.63, 3.8) is 0 Å². The number of anilines is 1. The monoisotopic (exact) mass is 233 g/mol. The Bertz CT molecular complexity index is 481. The van der Waals surface area contributed by atoms with Crippen molar-refractivity contribution >= 4 is 38.0 Å². The summed E-state index contributed by atoms with van der Waals surface area (Å²) in [6, 6.07) is 4.80. The lowest BCUT2D eigenvalue weighted by Gasteiger charge is -1.98. The van der Waals surface area contributed by atoms with E-state index in [1.807, 2.05) is 0 Å². The quantitative estimate of drug-likeness (QED) is 0.789. The largest absolute Gasteiger partial charge is 0.390 e. The maximum absolute atomic E-state index is 12.6. The highest BCUT2D eigenvalue weighted by Gasteiger charge is 2.18. The molecule has 0 aliphatic heterocycles. The third-order valence-electron chi connectivity index (χ3n) is 1.94. The van der Waals surface area contributed by atoms with E-state index >= 15 is 0 Å². The van der Waals surface area contributed by atoms with Crippen LogP contribution in [0.25, 0.3) is 10.1 Å². The second kappa shape index (κ2) is 3.37.